The summed E-state index contributed by atoms with van der Waals surface area (Å²) in [5.74, 6) is 0.745. The zero-order valence-electron chi connectivity index (χ0n) is 8.70. The third kappa shape index (κ3) is 1.36. The Morgan fingerprint density at radius 2 is 1.93 bits per heavy atom. The van der Waals surface area contributed by atoms with Gasteiger partial charge in [0.05, 0.1) is 0 Å². The van der Waals surface area contributed by atoms with E-state index in [0.29, 0.717) is 11.3 Å². The molecule has 78 valence electrons. The van der Waals surface area contributed by atoms with Crippen LogP contribution in [0.25, 0.3) is 0 Å². The summed E-state index contributed by atoms with van der Waals surface area (Å²) in [5.41, 5.74) is 1.74. The lowest BCUT2D eigenvalue weighted by Crippen LogP contribution is -2.22. The van der Waals surface area contributed by atoms with E-state index in [4.69, 9.17) is 0 Å². The number of hydrogen-bond acceptors (Lipinski definition) is 1. The standard InChI is InChI=1S/C13H15NO/c15-12-8-11(9-14-12)13(6-7-13)10-4-2-1-3-5-10/h1-5,11H,6-9H2,(H,14,15). The first kappa shape index (κ1) is 8.96. The van der Waals surface area contributed by atoms with E-state index in [9.17, 15) is 4.79 Å². The number of carbonyl (C=O) groups excluding carboxylic acids is 1. The molecule has 1 N–H and O–H groups in total. The number of rotatable bonds is 2. The topological polar surface area (TPSA) is 29.1 Å². The quantitative estimate of drug-likeness (QED) is 0.777. The molecule has 1 saturated carbocycles. The lowest BCUT2D eigenvalue weighted by Gasteiger charge is -2.21. The molecule has 1 heterocycles. The van der Waals surface area contributed by atoms with Crippen molar-refractivity contribution >= 4 is 5.91 Å². The van der Waals surface area contributed by atoms with Gasteiger partial charge >= 0.3 is 0 Å². The molecule has 15 heavy (non-hydrogen) atoms. The van der Waals surface area contributed by atoms with Gasteiger partial charge in [0.2, 0.25) is 5.91 Å². The molecule has 2 heteroatoms. The molecule has 1 aliphatic heterocycles. The van der Waals surface area contributed by atoms with E-state index < -0.39 is 0 Å². The first-order valence-corrected chi connectivity index (χ1v) is 5.63. The van der Waals surface area contributed by atoms with E-state index in [1.54, 1.807) is 0 Å². The third-order valence-corrected chi connectivity index (χ3v) is 3.90. The number of carbonyl (C=O) groups is 1. The fourth-order valence-corrected chi connectivity index (χ4v) is 2.83. The summed E-state index contributed by atoms with van der Waals surface area (Å²) in [7, 11) is 0. The predicted molar refractivity (Wildman–Crippen MR) is 58.5 cm³/mol. The van der Waals surface area contributed by atoms with Gasteiger partial charge in [-0.1, -0.05) is 30.3 Å². The van der Waals surface area contributed by atoms with Gasteiger partial charge in [-0.2, -0.15) is 0 Å². The maximum absolute atomic E-state index is 11.2. The fourth-order valence-electron chi connectivity index (χ4n) is 2.83. The van der Waals surface area contributed by atoms with Gasteiger partial charge < -0.3 is 5.32 Å². The SMILES string of the molecule is O=C1CC(C2(c3ccccc3)CC2)CN1. The largest absolute Gasteiger partial charge is 0.356 e. The lowest BCUT2D eigenvalue weighted by atomic mass is 9.82. The summed E-state index contributed by atoms with van der Waals surface area (Å²) in [4.78, 5) is 11.2. The Kier molecular flexibility index (Phi) is 1.84. The summed E-state index contributed by atoms with van der Waals surface area (Å²) >= 11 is 0. The van der Waals surface area contributed by atoms with Crippen LogP contribution in [0, 0.1) is 5.92 Å². The molecule has 2 aliphatic rings. The molecular weight excluding hydrogens is 186 g/mol. The highest BCUT2D eigenvalue weighted by Crippen LogP contribution is 2.55. The van der Waals surface area contributed by atoms with Gasteiger partial charge in [-0.25, -0.2) is 0 Å². The van der Waals surface area contributed by atoms with Crippen molar-refractivity contribution in [2.75, 3.05) is 6.54 Å². The minimum atomic E-state index is 0.224. The van der Waals surface area contributed by atoms with Crippen molar-refractivity contribution < 1.29 is 4.79 Å². The Labute approximate surface area is 89.7 Å². The molecule has 1 aromatic carbocycles. The van der Waals surface area contributed by atoms with E-state index >= 15 is 0 Å². The number of hydrogen-bond donors (Lipinski definition) is 1. The Morgan fingerprint density at radius 1 is 1.20 bits per heavy atom. The van der Waals surface area contributed by atoms with Crippen LogP contribution in [0.1, 0.15) is 24.8 Å². The zero-order valence-corrected chi connectivity index (χ0v) is 8.70. The van der Waals surface area contributed by atoms with Crippen molar-refractivity contribution in [1.82, 2.24) is 5.32 Å². The third-order valence-electron chi connectivity index (χ3n) is 3.90. The molecule has 1 unspecified atom stereocenters. The molecule has 3 rings (SSSR count). The van der Waals surface area contributed by atoms with Crippen LogP contribution in [0.4, 0.5) is 0 Å². The van der Waals surface area contributed by atoms with Gasteiger partial charge in [-0.05, 0) is 24.3 Å². The van der Waals surface area contributed by atoms with Crippen LogP contribution < -0.4 is 5.32 Å². The average Bonchev–Trinajstić information content (AvgIpc) is 2.98. The van der Waals surface area contributed by atoms with Crippen molar-refractivity contribution in [3.63, 3.8) is 0 Å². The van der Waals surface area contributed by atoms with Crippen LogP contribution in [0.2, 0.25) is 0 Å². The summed E-state index contributed by atoms with van der Waals surface area (Å²) < 4.78 is 0. The summed E-state index contributed by atoms with van der Waals surface area (Å²) in [5, 5.41) is 2.95. The van der Waals surface area contributed by atoms with E-state index in [-0.39, 0.29) is 5.91 Å². The first-order valence-electron chi connectivity index (χ1n) is 5.63. The maximum Gasteiger partial charge on any atom is 0.220 e. The minimum absolute atomic E-state index is 0.224. The van der Waals surface area contributed by atoms with E-state index in [0.717, 1.165) is 13.0 Å². The van der Waals surface area contributed by atoms with Crippen molar-refractivity contribution in [2.24, 2.45) is 5.92 Å². The van der Waals surface area contributed by atoms with Crippen LogP contribution >= 0.6 is 0 Å². The molecule has 0 aromatic heterocycles. The maximum atomic E-state index is 11.2. The van der Waals surface area contributed by atoms with Crippen molar-refractivity contribution in [3.8, 4) is 0 Å². The molecule has 1 aliphatic carbocycles. The molecule has 1 atom stereocenters. The van der Waals surface area contributed by atoms with Crippen molar-refractivity contribution in [2.45, 2.75) is 24.7 Å². The normalized spacial score (nSPS) is 27.5. The van der Waals surface area contributed by atoms with Crippen LogP contribution in [-0.4, -0.2) is 12.5 Å². The summed E-state index contributed by atoms with van der Waals surface area (Å²) in [6.07, 6.45) is 3.21. The second kappa shape index (κ2) is 3.09. The van der Waals surface area contributed by atoms with Gasteiger partial charge in [-0.15, -0.1) is 0 Å². The fraction of sp³-hybridized carbons (Fsp3) is 0.462. The van der Waals surface area contributed by atoms with Gasteiger partial charge in [-0.3, -0.25) is 4.79 Å². The van der Waals surface area contributed by atoms with Crippen LogP contribution in [-0.2, 0) is 10.2 Å². The van der Waals surface area contributed by atoms with Gasteiger partial charge in [0.25, 0.3) is 0 Å². The second-order valence-corrected chi connectivity index (χ2v) is 4.73. The second-order valence-electron chi connectivity index (χ2n) is 4.73. The molecule has 2 nitrogen and oxygen atoms in total. The molecule has 0 radical (unpaired) electrons. The van der Waals surface area contributed by atoms with Gasteiger partial charge in [0.1, 0.15) is 0 Å². The van der Waals surface area contributed by atoms with Crippen LogP contribution in [0.3, 0.4) is 0 Å². The molecule has 1 saturated heterocycles. The van der Waals surface area contributed by atoms with Gasteiger partial charge in [0.15, 0.2) is 0 Å². The number of nitrogens with one attached hydrogen (secondary N) is 1. The summed E-state index contributed by atoms with van der Waals surface area (Å²) in [6.45, 7) is 0.869. The predicted octanol–water partition coefficient (Wildman–Crippen LogP) is 1.85. The Hall–Kier alpha value is -1.31. The molecule has 0 bridgehead atoms. The van der Waals surface area contributed by atoms with Crippen LogP contribution in [0.5, 0.6) is 0 Å². The monoisotopic (exact) mass is 201 g/mol. The highest BCUT2D eigenvalue weighted by Gasteiger charge is 2.52. The molecule has 0 spiro atoms. The first-order chi connectivity index (χ1) is 7.31. The molecule has 2 fully saturated rings. The highest BCUT2D eigenvalue weighted by atomic mass is 16.1. The smallest absolute Gasteiger partial charge is 0.220 e. The van der Waals surface area contributed by atoms with Gasteiger partial charge in [0, 0.05) is 18.4 Å². The highest BCUT2D eigenvalue weighted by molar-refractivity contribution is 5.78. The Morgan fingerprint density at radius 3 is 2.47 bits per heavy atom. The summed E-state index contributed by atoms with van der Waals surface area (Å²) in [6, 6.07) is 10.7. The number of amides is 1. The Bertz CT molecular complexity index is 381. The van der Waals surface area contributed by atoms with Crippen LogP contribution in [0.15, 0.2) is 30.3 Å². The lowest BCUT2D eigenvalue weighted by molar-refractivity contribution is -0.119. The van der Waals surface area contributed by atoms with Crippen molar-refractivity contribution in [1.29, 1.82) is 0 Å². The van der Waals surface area contributed by atoms with E-state index in [1.807, 2.05) is 0 Å². The Balaban J connectivity index is 1.89. The average molecular weight is 201 g/mol. The minimum Gasteiger partial charge on any atom is -0.356 e. The van der Waals surface area contributed by atoms with E-state index in [2.05, 4.69) is 35.6 Å². The van der Waals surface area contributed by atoms with Crippen molar-refractivity contribution in [3.05, 3.63) is 35.9 Å². The zero-order chi connectivity index (χ0) is 10.3. The number of benzene rings is 1. The van der Waals surface area contributed by atoms with E-state index in [1.165, 1.54) is 18.4 Å². The molecule has 1 amide bonds. The molecule has 1 aromatic rings. The molecular formula is C13H15NO.